The van der Waals surface area contributed by atoms with Gasteiger partial charge in [-0.15, -0.1) is 0 Å². The Bertz CT molecular complexity index is 401. The van der Waals surface area contributed by atoms with Gasteiger partial charge < -0.3 is 9.47 Å². The maximum absolute atomic E-state index is 11.1. The van der Waals surface area contributed by atoms with Crippen molar-refractivity contribution in [3.63, 3.8) is 0 Å². The van der Waals surface area contributed by atoms with Crippen molar-refractivity contribution in [1.82, 2.24) is 0 Å². The molecule has 18 heavy (non-hydrogen) atoms. The van der Waals surface area contributed by atoms with Crippen molar-refractivity contribution < 1.29 is 14.3 Å². The van der Waals surface area contributed by atoms with E-state index in [1.165, 1.54) is 0 Å². The van der Waals surface area contributed by atoms with Gasteiger partial charge in [0, 0.05) is 10.9 Å². The molecule has 0 aliphatic carbocycles. The number of benzene rings is 1. The summed E-state index contributed by atoms with van der Waals surface area (Å²) >= 11 is 15.3. The number of ether oxygens (including phenoxy) is 2. The maximum atomic E-state index is 11.1. The fourth-order valence-corrected chi connectivity index (χ4v) is 2.61. The molecule has 0 saturated heterocycles. The lowest BCUT2D eigenvalue weighted by molar-refractivity contribution is -0.143. The molecule has 0 radical (unpaired) electrons. The molecule has 100 valence electrons. The number of halogens is 3. The molecule has 1 aromatic carbocycles. The molecule has 0 aliphatic rings. The van der Waals surface area contributed by atoms with Crippen molar-refractivity contribution in [2.24, 2.45) is 0 Å². The van der Waals surface area contributed by atoms with Crippen LogP contribution in [0.3, 0.4) is 0 Å². The number of rotatable bonds is 6. The summed E-state index contributed by atoms with van der Waals surface area (Å²) in [5, 5.41) is 0.871. The van der Waals surface area contributed by atoms with Crippen LogP contribution in [0.15, 0.2) is 16.6 Å². The van der Waals surface area contributed by atoms with Crippen LogP contribution in [0.5, 0.6) is 5.75 Å². The van der Waals surface area contributed by atoms with Crippen LogP contribution in [-0.4, -0.2) is 19.2 Å². The highest BCUT2D eigenvalue weighted by atomic mass is 79.9. The average Bonchev–Trinajstić information content (AvgIpc) is 2.27. The normalized spacial score (nSPS) is 10.2. The summed E-state index contributed by atoms with van der Waals surface area (Å²) in [6.45, 7) is 2.53. The number of carbonyl (C=O) groups is 1. The van der Waals surface area contributed by atoms with Crippen LogP contribution >= 0.6 is 39.1 Å². The highest BCUT2D eigenvalue weighted by molar-refractivity contribution is 9.10. The number of hydrogen-bond acceptors (Lipinski definition) is 3. The summed E-state index contributed by atoms with van der Waals surface area (Å²) < 4.78 is 11.1. The zero-order valence-electron chi connectivity index (χ0n) is 9.84. The predicted octanol–water partition coefficient (Wildman–Crippen LogP) is 4.48. The van der Waals surface area contributed by atoms with E-state index in [2.05, 4.69) is 15.9 Å². The van der Waals surface area contributed by atoms with Crippen molar-refractivity contribution in [3.8, 4) is 5.75 Å². The second-order valence-electron chi connectivity index (χ2n) is 3.46. The smallest absolute Gasteiger partial charge is 0.305 e. The third-order valence-electron chi connectivity index (χ3n) is 2.04. The van der Waals surface area contributed by atoms with Gasteiger partial charge in [0.25, 0.3) is 0 Å². The Morgan fingerprint density at radius 1 is 1.33 bits per heavy atom. The SMILES string of the molecule is CCOC(=O)CCCOc1c(Cl)cc(Br)cc1Cl. The summed E-state index contributed by atoms with van der Waals surface area (Å²) in [5.41, 5.74) is 0. The van der Waals surface area contributed by atoms with Gasteiger partial charge in [-0.2, -0.15) is 0 Å². The van der Waals surface area contributed by atoms with Crippen LogP contribution in [0.2, 0.25) is 10.0 Å². The van der Waals surface area contributed by atoms with E-state index in [1.807, 2.05) is 0 Å². The first-order chi connectivity index (χ1) is 8.54. The lowest BCUT2D eigenvalue weighted by Crippen LogP contribution is -2.07. The van der Waals surface area contributed by atoms with Gasteiger partial charge in [0.2, 0.25) is 0 Å². The van der Waals surface area contributed by atoms with Gasteiger partial charge in [-0.25, -0.2) is 0 Å². The topological polar surface area (TPSA) is 35.5 Å². The fraction of sp³-hybridized carbons (Fsp3) is 0.417. The van der Waals surface area contributed by atoms with Gasteiger partial charge in [0.15, 0.2) is 5.75 Å². The molecule has 0 heterocycles. The summed E-state index contributed by atoms with van der Waals surface area (Å²) in [6.07, 6.45) is 0.876. The molecule has 1 aromatic rings. The van der Waals surface area contributed by atoms with Crippen molar-refractivity contribution in [2.75, 3.05) is 13.2 Å². The predicted molar refractivity (Wildman–Crippen MR) is 75.5 cm³/mol. The average molecular weight is 356 g/mol. The number of carbonyl (C=O) groups excluding carboxylic acids is 1. The first-order valence-corrected chi connectivity index (χ1v) is 7.02. The van der Waals surface area contributed by atoms with Gasteiger partial charge >= 0.3 is 5.97 Å². The molecule has 0 aromatic heterocycles. The van der Waals surface area contributed by atoms with Crippen LogP contribution in [-0.2, 0) is 9.53 Å². The quantitative estimate of drug-likeness (QED) is 0.557. The first kappa shape index (κ1) is 15.6. The van der Waals surface area contributed by atoms with Crippen LogP contribution in [0.25, 0.3) is 0 Å². The van der Waals surface area contributed by atoms with Gasteiger partial charge in [0.05, 0.1) is 23.3 Å². The summed E-state index contributed by atoms with van der Waals surface area (Å²) in [4.78, 5) is 11.1. The Morgan fingerprint density at radius 2 is 1.94 bits per heavy atom. The van der Waals surface area contributed by atoms with Crippen LogP contribution in [0.1, 0.15) is 19.8 Å². The van der Waals surface area contributed by atoms with Gasteiger partial charge in [-0.05, 0) is 25.5 Å². The zero-order valence-corrected chi connectivity index (χ0v) is 12.9. The second-order valence-corrected chi connectivity index (χ2v) is 5.19. The van der Waals surface area contributed by atoms with Crippen LogP contribution < -0.4 is 4.74 Å². The number of esters is 1. The van der Waals surface area contributed by atoms with E-state index in [1.54, 1.807) is 19.1 Å². The van der Waals surface area contributed by atoms with Crippen LogP contribution in [0, 0.1) is 0 Å². The van der Waals surface area contributed by atoms with E-state index in [9.17, 15) is 4.79 Å². The molecular weight excluding hydrogens is 343 g/mol. The van der Waals surface area contributed by atoms with E-state index >= 15 is 0 Å². The Balaban J connectivity index is 2.42. The minimum absolute atomic E-state index is 0.228. The third-order valence-corrected chi connectivity index (χ3v) is 3.06. The maximum Gasteiger partial charge on any atom is 0.305 e. The summed E-state index contributed by atoms with van der Waals surface area (Å²) in [5.74, 6) is 0.208. The Hall–Kier alpha value is -0.450. The molecule has 1 rings (SSSR count). The zero-order chi connectivity index (χ0) is 13.5. The fourth-order valence-electron chi connectivity index (χ4n) is 1.29. The molecule has 0 bridgehead atoms. The highest BCUT2D eigenvalue weighted by Gasteiger charge is 2.09. The molecule has 6 heteroatoms. The molecule has 0 amide bonds. The summed E-state index contributed by atoms with van der Waals surface area (Å²) in [7, 11) is 0. The third kappa shape index (κ3) is 5.04. The van der Waals surface area contributed by atoms with E-state index in [0.29, 0.717) is 41.9 Å². The molecule has 0 aliphatic heterocycles. The molecule has 0 unspecified atom stereocenters. The molecular formula is C12H13BrCl2O3. The number of hydrogen-bond donors (Lipinski definition) is 0. The van der Waals surface area contributed by atoms with Gasteiger partial charge in [0.1, 0.15) is 0 Å². The molecule has 0 fully saturated rings. The largest absolute Gasteiger partial charge is 0.490 e. The van der Waals surface area contributed by atoms with Crippen LogP contribution in [0.4, 0.5) is 0 Å². The van der Waals surface area contributed by atoms with Gasteiger partial charge in [-0.3, -0.25) is 4.79 Å². The lowest BCUT2D eigenvalue weighted by atomic mass is 10.3. The van der Waals surface area contributed by atoms with Crippen molar-refractivity contribution in [1.29, 1.82) is 0 Å². The molecule has 0 saturated carbocycles. The molecule has 0 spiro atoms. The Morgan fingerprint density at radius 3 is 2.50 bits per heavy atom. The highest BCUT2D eigenvalue weighted by Crippen LogP contribution is 2.35. The van der Waals surface area contributed by atoms with E-state index in [0.717, 1.165) is 4.47 Å². The van der Waals surface area contributed by atoms with Crippen molar-refractivity contribution in [3.05, 3.63) is 26.7 Å². The van der Waals surface area contributed by atoms with Gasteiger partial charge in [-0.1, -0.05) is 39.1 Å². The minimum Gasteiger partial charge on any atom is -0.490 e. The molecule has 3 nitrogen and oxygen atoms in total. The second kappa shape index (κ2) is 7.87. The van der Waals surface area contributed by atoms with E-state index in [4.69, 9.17) is 32.7 Å². The summed E-state index contributed by atoms with van der Waals surface area (Å²) in [6, 6.07) is 3.40. The molecule has 0 N–H and O–H groups in total. The minimum atomic E-state index is -0.228. The van der Waals surface area contributed by atoms with E-state index < -0.39 is 0 Å². The molecule has 0 atom stereocenters. The van der Waals surface area contributed by atoms with E-state index in [-0.39, 0.29) is 5.97 Å². The first-order valence-electron chi connectivity index (χ1n) is 5.47. The van der Waals surface area contributed by atoms with Crippen molar-refractivity contribution >= 4 is 45.1 Å². The lowest BCUT2D eigenvalue weighted by Gasteiger charge is -2.10. The monoisotopic (exact) mass is 354 g/mol. The Kier molecular flexibility index (Phi) is 6.82. The Labute approximate surface area is 124 Å². The van der Waals surface area contributed by atoms with Crippen molar-refractivity contribution in [2.45, 2.75) is 19.8 Å². The standard InChI is InChI=1S/C12H13BrCl2O3/c1-2-17-11(16)4-3-5-18-12-9(14)6-8(13)7-10(12)15/h6-7H,2-5H2,1H3.